The van der Waals surface area contributed by atoms with Gasteiger partial charge in [0.1, 0.15) is 12.1 Å². The summed E-state index contributed by atoms with van der Waals surface area (Å²) in [6.45, 7) is 2.28. The van der Waals surface area contributed by atoms with Crippen LogP contribution in [0.4, 0.5) is 11.5 Å². The van der Waals surface area contributed by atoms with Crippen molar-refractivity contribution >= 4 is 28.3 Å². The summed E-state index contributed by atoms with van der Waals surface area (Å²) in [6, 6.07) is 15.8. The van der Waals surface area contributed by atoms with Gasteiger partial charge in [0.05, 0.1) is 5.52 Å². The maximum Gasteiger partial charge on any atom is 0.221 e. The van der Waals surface area contributed by atoms with Gasteiger partial charge in [0, 0.05) is 24.5 Å². The molecule has 2 N–H and O–H groups in total. The van der Waals surface area contributed by atoms with Gasteiger partial charge in [-0.15, -0.1) is 0 Å². The lowest BCUT2D eigenvalue weighted by molar-refractivity contribution is -0.114. The molecule has 0 spiro atoms. The highest BCUT2D eigenvalue weighted by molar-refractivity contribution is 5.89. The first-order valence-electron chi connectivity index (χ1n) is 7.52. The van der Waals surface area contributed by atoms with E-state index in [1.807, 2.05) is 48.5 Å². The molecule has 3 rings (SSSR count). The van der Waals surface area contributed by atoms with Gasteiger partial charge in [0.15, 0.2) is 0 Å². The Labute approximate surface area is 134 Å². The van der Waals surface area contributed by atoms with Gasteiger partial charge in [-0.2, -0.15) is 0 Å². The monoisotopic (exact) mass is 306 g/mol. The molecule has 0 aliphatic heterocycles. The molecule has 0 saturated heterocycles. The summed E-state index contributed by atoms with van der Waals surface area (Å²) in [6.07, 6.45) is 2.45. The molecule has 5 nitrogen and oxygen atoms in total. The number of carbonyl (C=O) groups is 1. The maximum atomic E-state index is 11.0. The number of nitrogens with zero attached hydrogens (tertiary/aromatic N) is 2. The summed E-state index contributed by atoms with van der Waals surface area (Å²) in [5.74, 6) is 0.792. The standard InChI is InChI=1S/C18H18N4O/c1-13(23)22-15-8-6-14(7-9-15)10-11-19-18-16-4-2-3-5-17(16)20-12-21-18/h2-9,12H,10-11H2,1H3,(H,22,23)(H,19,20,21). The predicted octanol–water partition coefficient (Wildman–Crippen LogP) is 3.24. The second-order valence-electron chi connectivity index (χ2n) is 5.29. The van der Waals surface area contributed by atoms with E-state index in [4.69, 9.17) is 0 Å². The van der Waals surface area contributed by atoms with Crippen LogP contribution >= 0.6 is 0 Å². The normalized spacial score (nSPS) is 10.5. The summed E-state index contributed by atoms with van der Waals surface area (Å²) >= 11 is 0. The second-order valence-corrected chi connectivity index (χ2v) is 5.29. The average molecular weight is 306 g/mol. The van der Waals surface area contributed by atoms with Crippen LogP contribution < -0.4 is 10.6 Å². The lowest BCUT2D eigenvalue weighted by atomic mass is 10.1. The number of para-hydroxylation sites is 1. The molecule has 2 aromatic carbocycles. The SMILES string of the molecule is CC(=O)Nc1ccc(CCNc2ncnc3ccccc23)cc1. The van der Waals surface area contributed by atoms with Gasteiger partial charge in [-0.1, -0.05) is 24.3 Å². The number of nitrogens with one attached hydrogen (secondary N) is 2. The van der Waals surface area contributed by atoms with Crippen LogP contribution in [0.1, 0.15) is 12.5 Å². The van der Waals surface area contributed by atoms with Crippen molar-refractivity contribution in [2.24, 2.45) is 0 Å². The van der Waals surface area contributed by atoms with Crippen molar-refractivity contribution in [2.45, 2.75) is 13.3 Å². The molecular weight excluding hydrogens is 288 g/mol. The predicted molar refractivity (Wildman–Crippen MR) is 92.5 cm³/mol. The first kappa shape index (κ1) is 15.0. The van der Waals surface area contributed by atoms with Crippen molar-refractivity contribution in [3.05, 3.63) is 60.4 Å². The molecule has 0 fully saturated rings. The minimum Gasteiger partial charge on any atom is -0.369 e. The fourth-order valence-electron chi connectivity index (χ4n) is 2.43. The van der Waals surface area contributed by atoms with Crippen molar-refractivity contribution < 1.29 is 4.79 Å². The van der Waals surface area contributed by atoms with Crippen LogP contribution in [0.2, 0.25) is 0 Å². The zero-order valence-electron chi connectivity index (χ0n) is 12.9. The first-order chi connectivity index (χ1) is 11.2. The minimum absolute atomic E-state index is 0.0601. The molecule has 0 atom stereocenters. The Balaban J connectivity index is 1.61. The Bertz CT molecular complexity index is 809. The zero-order valence-corrected chi connectivity index (χ0v) is 12.9. The second kappa shape index (κ2) is 6.87. The number of carbonyl (C=O) groups excluding carboxylic acids is 1. The third kappa shape index (κ3) is 3.83. The third-order valence-electron chi connectivity index (χ3n) is 3.52. The van der Waals surface area contributed by atoms with Gasteiger partial charge in [-0.3, -0.25) is 4.79 Å². The molecule has 0 saturated carbocycles. The Morgan fingerprint density at radius 3 is 2.61 bits per heavy atom. The number of hydrogen-bond donors (Lipinski definition) is 2. The lowest BCUT2D eigenvalue weighted by Gasteiger charge is -2.09. The molecule has 1 heterocycles. The van der Waals surface area contributed by atoms with E-state index in [2.05, 4.69) is 20.6 Å². The molecule has 116 valence electrons. The van der Waals surface area contributed by atoms with Gasteiger partial charge < -0.3 is 10.6 Å². The van der Waals surface area contributed by atoms with Crippen LogP contribution in [0, 0.1) is 0 Å². The van der Waals surface area contributed by atoms with E-state index in [9.17, 15) is 4.79 Å². The van der Waals surface area contributed by atoms with Crippen LogP contribution in [0.3, 0.4) is 0 Å². The van der Waals surface area contributed by atoms with E-state index in [1.54, 1.807) is 6.33 Å². The number of aromatic nitrogens is 2. The molecule has 3 aromatic rings. The van der Waals surface area contributed by atoms with Gasteiger partial charge >= 0.3 is 0 Å². The number of rotatable bonds is 5. The summed E-state index contributed by atoms with van der Waals surface area (Å²) < 4.78 is 0. The molecule has 0 aliphatic carbocycles. The zero-order chi connectivity index (χ0) is 16.1. The van der Waals surface area contributed by atoms with E-state index in [0.29, 0.717) is 0 Å². The highest BCUT2D eigenvalue weighted by Crippen LogP contribution is 2.18. The van der Waals surface area contributed by atoms with Gasteiger partial charge in [-0.25, -0.2) is 9.97 Å². The Hall–Kier alpha value is -2.95. The topological polar surface area (TPSA) is 66.9 Å². The fourth-order valence-corrected chi connectivity index (χ4v) is 2.43. The van der Waals surface area contributed by atoms with Crippen molar-refractivity contribution in [1.82, 2.24) is 9.97 Å². The molecule has 5 heteroatoms. The van der Waals surface area contributed by atoms with Crippen molar-refractivity contribution in [2.75, 3.05) is 17.2 Å². The summed E-state index contributed by atoms with van der Waals surface area (Å²) in [5, 5.41) is 7.15. The molecule has 1 aromatic heterocycles. The maximum absolute atomic E-state index is 11.0. The van der Waals surface area contributed by atoms with Crippen molar-refractivity contribution in [3.8, 4) is 0 Å². The summed E-state index contributed by atoms with van der Waals surface area (Å²) in [7, 11) is 0. The average Bonchev–Trinajstić information content (AvgIpc) is 2.56. The van der Waals surface area contributed by atoms with Crippen LogP contribution in [0.25, 0.3) is 10.9 Å². The van der Waals surface area contributed by atoms with Crippen molar-refractivity contribution in [1.29, 1.82) is 0 Å². The van der Waals surface area contributed by atoms with E-state index >= 15 is 0 Å². The molecule has 0 unspecified atom stereocenters. The van der Waals surface area contributed by atoms with Gasteiger partial charge in [-0.05, 0) is 36.2 Å². The van der Waals surface area contributed by atoms with Crippen LogP contribution in [-0.2, 0) is 11.2 Å². The van der Waals surface area contributed by atoms with E-state index in [1.165, 1.54) is 12.5 Å². The highest BCUT2D eigenvalue weighted by Gasteiger charge is 2.02. The molecule has 0 radical (unpaired) electrons. The van der Waals surface area contributed by atoms with Crippen molar-refractivity contribution in [3.63, 3.8) is 0 Å². The number of amides is 1. The van der Waals surface area contributed by atoms with Gasteiger partial charge in [0.2, 0.25) is 5.91 Å². The smallest absolute Gasteiger partial charge is 0.221 e. The Morgan fingerprint density at radius 2 is 1.83 bits per heavy atom. The Morgan fingerprint density at radius 1 is 1.04 bits per heavy atom. The van der Waals surface area contributed by atoms with E-state index in [0.717, 1.165) is 35.4 Å². The van der Waals surface area contributed by atoms with Crippen LogP contribution in [-0.4, -0.2) is 22.4 Å². The van der Waals surface area contributed by atoms with Crippen LogP contribution in [0.15, 0.2) is 54.9 Å². The fraction of sp³-hybridized carbons (Fsp3) is 0.167. The third-order valence-corrected chi connectivity index (χ3v) is 3.52. The number of hydrogen-bond acceptors (Lipinski definition) is 4. The molecule has 0 aliphatic rings. The first-order valence-corrected chi connectivity index (χ1v) is 7.52. The van der Waals surface area contributed by atoms with E-state index < -0.39 is 0 Å². The molecule has 1 amide bonds. The number of anilines is 2. The number of benzene rings is 2. The molecule has 0 bridgehead atoms. The Kier molecular flexibility index (Phi) is 4.47. The number of fused-ring (bicyclic) bond motifs is 1. The summed E-state index contributed by atoms with van der Waals surface area (Å²) in [5.41, 5.74) is 2.95. The van der Waals surface area contributed by atoms with Crippen LogP contribution in [0.5, 0.6) is 0 Å². The van der Waals surface area contributed by atoms with E-state index in [-0.39, 0.29) is 5.91 Å². The lowest BCUT2D eigenvalue weighted by Crippen LogP contribution is -2.08. The highest BCUT2D eigenvalue weighted by atomic mass is 16.1. The molecule has 23 heavy (non-hydrogen) atoms. The van der Waals surface area contributed by atoms with Gasteiger partial charge in [0.25, 0.3) is 0 Å². The minimum atomic E-state index is -0.0601. The quantitative estimate of drug-likeness (QED) is 0.759. The largest absolute Gasteiger partial charge is 0.369 e. The summed E-state index contributed by atoms with van der Waals surface area (Å²) in [4.78, 5) is 19.6. The molecular formula is C18H18N4O.